The van der Waals surface area contributed by atoms with E-state index < -0.39 is 16.1 Å². The molecule has 0 N–H and O–H groups in total. The number of carbonyl (C=O) groups is 1. The number of ether oxygens (including phenoxy) is 3. The first-order valence-corrected chi connectivity index (χ1v) is 10.1. The lowest BCUT2D eigenvalue weighted by atomic mass is 10.2. The Morgan fingerprint density at radius 3 is 2.06 bits per heavy atom. The number of hydrogen-bond donors (Lipinski definition) is 0. The molecule has 0 spiro atoms. The van der Waals surface area contributed by atoms with E-state index in [2.05, 4.69) is 9.68 Å². The number of rotatable bonds is 18. The van der Waals surface area contributed by atoms with Gasteiger partial charge in [-0.15, -0.1) is 20.2 Å². The lowest BCUT2D eigenvalue weighted by molar-refractivity contribution is -0.757. The van der Waals surface area contributed by atoms with Gasteiger partial charge in [-0.05, 0) is 62.3 Å². The monoisotopic (exact) mass is 456 g/mol. The molecule has 0 heterocycles. The van der Waals surface area contributed by atoms with Crippen molar-refractivity contribution in [3.63, 3.8) is 0 Å². The molecule has 0 aliphatic heterocycles. The first kappa shape index (κ1) is 26.5. The van der Waals surface area contributed by atoms with Crippen molar-refractivity contribution in [2.75, 3.05) is 33.5 Å². The Hall–Kier alpha value is -3.57. The molecule has 0 fully saturated rings. The van der Waals surface area contributed by atoms with E-state index in [4.69, 9.17) is 14.2 Å². The van der Waals surface area contributed by atoms with Gasteiger partial charge in [-0.25, -0.2) is 4.79 Å². The molecule has 0 aromatic heterocycles. The average molecular weight is 456 g/mol. The number of hydrogen-bond acceptors (Lipinski definition) is 10. The Bertz CT molecular complexity index is 754. The highest BCUT2D eigenvalue weighted by Gasteiger charge is 2.06. The molecule has 0 unspecified atom stereocenters. The van der Waals surface area contributed by atoms with Crippen LogP contribution in [0.1, 0.15) is 44.1 Å². The topological polar surface area (TPSA) is 150 Å². The molecule has 0 aliphatic carbocycles. The van der Waals surface area contributed by atoms with Crippen molar-refractivity contribution in [3.8, 4) is 11.5 Å². The molecule has 1 aromatic carbocycles. The van der Waals surface area contributed by atoms with Crippen molar-refractivity contribution >= 4 is 12.0 Å². The minimum Gasteiger partial charge on any atom is -0.493 e. The Morgan fingerprint density at radius 1 is 0.875 bits per heavy atom. The summed E-state index contributed by atoms with van der Waals surface area (Å²) in [5, 5.41) is 18.4. The minimum absolute atomic E-state index is 0.0291. The Morgan fingerprint density at radius 2 is 1.47 bits per heavy atom. The van der Waals surface area contributed by atoms with Gasteiger partial charge in [0, 0.05) is 6.08 Å². The highest BCUT2D eigenvalue weighted by molar-refractivity contribution is 5.87. The second kappa shape index (κ2) is 16.2. The fourth-order valence-electron chi connectivity index (χ4n) is 2.51. The number of benzene rings is 1. The smallest absolute Gasteiger partial charge is 0.330 e. The molecular weight excluding hydrogens is 428 g/mol. The third kappa shape index (κ3) is 12.9. The van der Waals surface area contributed by atoms with Crippen LogP contribution in [0.4, 0.5) is 0 Å². The van der Waals surface area contributed by atoms with Gasteiger partial charge >= 0.3 is 5.97 Å². The van der Waals surface area contributed by atoms with E-state index in [1.807, 2.05) is 0 Å². The molecule has 0 aliphatic rings. The zero-order chi connectivity index (χ0) is 23.6. The van der Waals surface area contributed by atoms with Crippen LogP contribution in [-0.2, 0) is 19.2 Å². The van der Waals surface area contributed by atoms with Gasteiger partial charge in [-0.2, -0.15) is 0 Å². The van der Waals surface area contributed by atoms with E-state index in [1.54, 1.807) is 24.3 Å². The zero-order valence-electron chi connectivity index (χ0n) is 17.9. The second-order valence-electron chi connectivity index (χ2n) is 6.49. The maximum Gasteiger partial charge on any atom is 0.330 e. The fraction of sp³-hybridized carbons (Fsp3) is 0.550. The SMILES string of the molecule is COc1cc(/C=C/C(=O)OCCCCCO[N+](=O)[O-])ccc1OCCCCCO[N+](=O)[O-]. The van der Waals surface area contributed by atoms with Gasteiger partial charge in [-0.3, -0.25) is 0 Å². The number of unbranched alkanes of at least 4 members (excludes halogenated alkanes) is 4. The summed E-state index contributed by atoms with van der Waals surface area (Å²) in [6.45, 7) is 0.740. The van der Waals surface area contributed by atoms with Crippen LogP contribution in [-0.4, -0.2) is 49.7 Å². The summed E-state index contributed by atoms with van der Waals surface area (Å²) in [5.41, 5.74) is 0.722. The zero-order valence-corrected chi connectivity index (χ0v) is 17.9. The molecule has 32 heavy (non-hydrogen) atoms. The summed E-state index contributed by atoms with van der Waals surface area (Å²) in [6, 6.07) is 5.22. The summed E-state index contributed by atoms with van der Waals surface area (Å²) < 4.78 is 16.1. The molecule has 0 bridgehead atoms. The fourth-order valence-corrected chi connectivity index (χ4v) is 2.51. The van der Waals surface area contributed by atoms with Crippen LogP contribution in [0.3, 0.4) is 0 Å². The molecule has 0 saturated heterocycles. The number of esters is 1. The molecule has 0 radical (unpaired) electrons. The predicted molar refractivity (Wildman–Crippen MR) is 112 cm³/mol. The van der Waals surface area contributed by atoms with Crippen LogP contribution < -0.4 is 9.47 Å². The predicted octanol–water partition coefficient (Wildman–Crippen LogP) is 3.39. The summed E-state index contributed by atoms with van der Waals surface area (Å²) >= 11 is 0. The van der Waals surface area contributed by atoms with Crippen molar-refractivity contribution in [1.29, 1.82) is 0 Å². The van der Waals surface area contributed by atoms with Gasteiger partial charge in [0.1, 0.15) is 0 Å². The Labute approximate surface area is 185 Å². The van der Waals surface area contributed by atoms with Gasteiger partial charge in [0.05, 0.1) is 33.5 Å². The number of nitrogens with zero attached hydrogens (tertiary/aromatic N) is 2. The van der Waals surface area contributed by atoms with E-state index >= 15 is 0 Å². The van der Waals surface area contributed by atoms with E-state index in [0.717, 1.165) is 12.0 Å². The third-order valence-electron chi connectivity index (χ3n) is 4.07. The van der Waals surface area contributed by atoms with Gasteiger partial charge < -0.3 is 23.9 Å². The van der Waals surface area contributed by atoms with Gasteiger partial charge in [0.15, 0.2) is 11.5 Å². The average Bonchev–Trinajstić information content (AvgIpc) is 2.76. The first-order chi connectivity index (χ1) is 15.4. The molecule has 0 saturated carbocycles. The largest absolute Gasteiger partial charge is 0.493 e. The maximum absolute atomic E-state index is 11.8. The number of methoxy groups -OCH3 is 1. The number of carbonyl (C=O) groups excluding carboxylic acids is 1. The standard InChI is InChI=1S/C20H28N2O10/c1-28-19-16-17(8-10-18(19)29-12-4-2-6-14-31-21(24)25)9-11-20(23)30-13-5-3-7-15-32-22(26)27/h8-11,16H,2-7,12-15H2,1H3/b11-9+. The molecule has 1 aromatic rings. The van der Waals surface area contributed by atoms with E-state index in [0.29, 0.717) is 50.2 Å². The minimum atomic E-state index is -0.834. The highest BCUT2D eigenvalue weighted by Crippen LogP contribution is 2.28. The van der Waals surface area contributed by atoms with Crippen LogP contribution in [0.5, 0.6) is 11.5 Å². The molecule has 178 valence electrons. The summed E-state index contributed by atoms with van der Waals surface area (Å²) in [6.07, 6.45) is 6.65. The summed E-state index contributed by atoms with van der Waals surface area (Å²) in [7, 11) is 1.51. The molecule has 1 rings (SSSR count). The van der Waals surface area contributed by atoms with Crippen molar-refractivity contribution in [3.05, 3.63) is 50.1 Å². The quantitative estimate of drug-likeness (QED) is 0.106. The van der Waals surface area contributed by atoms with Crippen LogP contribution >= 0.6 is 0 Å². The van der Waals surface area contributed by atoms with Crippen molar-refractivity contribution < 1.29 is 38.9 Å². The third-order valence-corrected chi connectivity index (χ3v) is 4.07. The van der Waals surface area contributed by atoms with Crippen molar-refractivity contribution in [2.45, 2.75) is 38.5 Å². The van der Waals surface area contributed by atoms with Gasteiger partial charge in [0.25, 0.3) is 10.2 Å². The lowest BCUT2D eigenvalue weighted by Crippen LogP contribution is -2.04. The normalized spacial score (nSPS) is 10.5. The maximum atomic E-state index is 11.8. The summed E-state index contributed by atoms with van der Waals surface area (Å²) in [4.78, 5) is 40.3. The second-order valence-corrected chi connectivity index (χ2v) is 6.49. The Balaban J connectivity index is 2.31. The van der Waals surface area contributed by atoms with E-state index in [9.17, 15) is 25.0 Å². The van der Waals surface area contributed by atoms with Gasteiger partial charge in [0.2, 0.25) is 0 Å². The van der Waals surface area contributed by atoms with E-state index in [1.165, 1.54) is 13.2 Å². The van der Waals surface area contributed by atoms with Crippen LogP contribution in [0.25, 0.3) is 6.08 Å². The van der Waals surface area contributed by atoms with Crippen molar-refractivity contribution in [2.24, 2.45) is 0 Å². The summed E-state index contributed by atoms with van der Waals surface area (Å²) in [5.74, 6) is 0.566. The molecule has 12 heteroatoms. The molecule has 0 atom stereocenters. The Kier molecular flexibility index (Phi) is 13.4. The van der Waals surface area contributed by atoms with Gasteiger partial charge in [-0.1, -0.05) is 6.07 Å². The lowest BCUT2D eigenvalue weighted by Gasteiger charge is -2.11. The van der Waals surface area contributed by atoms with Crippen LogP contribution in [0, 0.1) is 20.2 Å². The van der Waals surface area contributed by atoms with Crippen molar-refractivity contribution in [1.82, 2.24) is 0 Å². The molecule has 12 nitrogen and oxygen atoms in total. The molecule has 0 amide bonds. The van der Waals surface area contributed by atoms with E-state index in [-0.39, 0.29) is 19.8 Å². The molecular formula is C20H28N2O10. The van der Waals surface area contributed by atoms with Crippen LogP contribution in [0.2, 0.25) is 0 Å². The first-order valence-electron chi connectivity index (χ1n) is 10.1. The highest BCUT2D eigenvalue weighted by atomic mass is 17.0. The van der Waals surface area contributed by atoms with Crippen LogP contribution in [0.15, 0.2) is 24.3 Å².